The Morgan fingerprint density at radius 2 is 1.72 bits per heavy atom. The third-order valence-corrected chi connectivity index (χ3v) is 5.95. The Bertz CT molecular complexity index is 1170. The lowest BCUT2D eigenvalue weighted by Crippen LogP contribution is -2.58. The summed E-state index contributed by atoms with van der Waals surface area (Å²) in [5.41, 5.74) is 3.52. The number of pyridine rings is 1. The van der Waals surface area contributed by atoms with Gasteiger partial charge in [0, 0.05) is 37.1 Å². The molecule has 2 aromatic heterocycles. The van der Waals surface area contributed by atoms with Crippen molar-refractivity contribution in [3.05, 3.63) is 89.4 Å². The molecule has 3 heterocycles. The molecule has 1 N–H and O–H groups in total. The molecule has 2 aromatic carbocycles. The van der Waals surface area contributed by atoms with Crippen LogP contribution < -0.4 is 0 Å². The second-order valence-electron chi connectivity index (χ2n) is 7.95. The van der Waals surface area contributed by atoms with Gasteiger partial charge in [0.25, 0.3) is 0 Å². The van der Waals surface area contributed by atoms with Crippen molar-refractivity contribution < 1.29 is 5.11 Å². The molecular formula is C24H24N4O. The predicted octanol–water partition coefficient (Wildman–Crippen LogP) is 3.74. The minimum Gasteiger partial charge on any atom is -0.382 e. The molecule has 1 aliphatic rings. The van der Waals surface area contributed by atoms with Crippen molar-refractivity contribution in [2.75, 3.05) is 13.1 Å². The van der Waals surface area contributed by atoms with Crippen molar-refractivity contribution in [3.63, 3.8) is 0 Å². The van der Waals surface area contributed by atoms with Gasteiger partial charge in [-0.2, -0.15) is 5.10 Å². The Labute approximate surface area is 170 Å². The molecule has 29 heavy (non-hydrogen) atoms. The summed E-state index contributed by atoms with van der Waals surface area (Å²) >= 11 is 0. The highest BCUT2D eigenvalue weighted by Gasteiger charge is 2.43. The normalized spacial score (nSPS) is 16.1. The summed E-state index contributed by atoms with van der Waals surface area (Å²) in [5.74, 6) is 0.829. The van der Waals surface area contributed by atoms with E-state index in [-0.39, 0.29) is 0 Å². The number of likely N-dealkylation sites (tertiary alicyclic amines) is 1. The molecule has 0 aliphatic carbocycles. The Balaban J connectivity index is 1.38. The zero-order chi connectivity index (χ0) is 20.0. The first-order chi connectivity index (χ1) is 14.0. The molecule has 5 nitrogen and oxygen atoms in total. The second-order valence-corrected chi connectivity index (χ2v) is 7.95. The maximum Gasteiger partial charge on any atom is 0.153 e. The van der Waals surface area contributed by atoms with Gasteiger partial charge in [0.15, 0.2) is 5.82 Å². The van der Waals surface area contributed by atoms with E-state index < -0.39 is 5.60 Å². The van der Waals surface area contributed by atoms with E-state index in [1.807, 2.05) is 48.0 Å². The lowest BCUT2D eigenvalue weighted by molar-refractivity contribution is -0.107. The molecular weight excluding hydrogens is 360 g/mol. The van der Waals surface area contributed by atoms with Gasteiger partial charge in [-0.15, -0.1) is 0 Å². The summed E-state index contributed by atoms with van der Waals surface area (Å²) in [6.07, 6.45) is 1.78. The quantitative estimate of drug-likeness (QED) is 0.582. The largest absolute Gasteiger partial charge is 0.382 e. The fraction of sp³-hybridized carbons (Fsp3) is 0.250. The SMILES string of the molecule is Cc1nn(-c2ccccn2)c(C)c1CN1CC(O)(c2cccc3ccccc23)C1. The van der Waals surface area contributed by atoms with E-state index >= 15 is 0 Å². The number of hydrogen-bond acceptors (Lipinski definition) is 4. The van der Waals surface area contributed by atoms with Crippen LogP contribution >= 0.6 is 0 Å². The fourth-order valence-electron chi connectivity index (χ4n) is 4.44. The Morgan fingerprint density at radius 3 is 2.52 bits per heavy atom. The molecule has 146 valence electrons. The van der Waals surface area contributed by atoms with Crippen molar-refractivity contribution >= 4 is 10.8 Å². The van der Waals surface area contributed by atoms with Crippen LogP contribution in [0.5, 0.6) is 0 Å². The maximum absolute atomic E-state index is 11.3. The number of nitrogens with zero attached hydrogens (tertiary/aromatic N) is 4. The van der Waals surface area contributed by atoms with E-state index in [2.05, 4.69) is 41.1 Å². The van der Waals surface area contributed by atoms with Gasteiger partial charge in [0.2, 0.25) is 0 Å². The topological polar surface area (TPSA) is 54.2 Å². The maximum atomic E-state index is 11.3. The van der Waals surface area contributed by atoms with Gasteiger partial charge in [-0.1, -0.05) is 48.5 Å². The van der Waals surface area contributed by atoms with Gasteiger partial charge in [0.1, 0.15) is 5.60 Å². The number of rotatable bonds is 4. The van der Waals surface area contributed by atoms with Crippen molar-refractivity contribution in [1.29, 1.82) is 0 Å². The van der Waals surface area contributed by atoms with E-state index in [1.54, 1.807) is 6.20 Å². The molecule has 0 amide bonds. The van der Waals surface area contributed by atoms with E-state index in [0.717, 1.165) is 34.7 Å². The number of fused-ring (bicyclic) bond motifs is 1. The Hall–Kier alpha value is -3.02. The zero-order valence-electron chi connectivity index (χ0n) is 16.7. The summed E-state index contributed by atoms with van der Waals surface area (Å²) in [6.45, 7) is 6.14. The molecule has 5 heteroatoms. The van der Waals surface area contributed by atoms with Crippen LogP contribution in [0, 0.1) is 13.8 Å². The smallest absolute Gasteiger partial charge is 0.153 e. The highest BCUT2D eigenvalue weighted by atomic mass is 16.3. The van der Waals surface area contributed by atoms with Crippen LogP contribution in [0.1, 0.15) is 22.5 Å². The molecule has 0 unspecified atom stereocenters. The van der Waals surface area contributed by atoms with Crippen LogP contribution in [-0.4, -0.2) is 37.9 Å². The fourth-order valence-corrected chi connectivity index (χ4v) is 4.44. The monoisotopic (exact) mass is 384 g/mol. The molecule has 0 radical (unpaired) electrons. The molecule has 0 atom stereocenters. The standard InChI is InChI=1S/C24H24N4O/c1-17-21(18(2)28(26-17)23-12-5-6-13-25-23)14-27-15-24(29,16-27)22-11-7-9-19-8-3-4-10-20(19)22/h3-13,29H,14-16H2,1-2H3. The summed E-state index contributed by atoms with van der Waals surface area (Å²) in [4.78, 5) is 6.70. The zero-order valence-corrected chi connectivity index (χ0v) is 16.7. The highest BCUT2D eigenvalue weighted by molar-refractivity contribution is 5.86. The highest BCUT2D eigenvalue weighted by Crippen LogP contribution is 2.37. The predicted molar refractivity (Wildman–Crippen MR) is 114 cm³/mol. The first-order valence-electron chi connectivity index (χ1n) is 9.95. The number of hydrogen-bond donors (Lipinski definition) is 1. The Morgan fingerprint density at radius 1 is 0.966 bits per heavy atom. The van der Waals surface area contributed by atoms with Gasteiger partial charge in [-0.25, -0.2) is 9.67 Å². The average Bonchev–Trinajstić information content (AvgIpc) is 3.01. The van der Waals surface area contributed by atoms with E-state index in [9.17, 15) is 5.11 Å². The van der Waals surface area contributed by atoms with Gasteiger partial charge in [-0.3, -0.25) is 4.90 Å². The van der Waals surface area contributed by atoms with Gasteiger partial charge < -0.3 is 5.11 Å². The van der Waals surface area contributed by atoms with Crippen LogP contribution in [0.4, 0.5) is 0 Å². The number of aliphatic hydroxyl groups is 1. The minimum absolute atomic E-state index is 0.620. The van der Waals surface area contributed by atoms with Gasteiger partial charge in [-0.05, 0) is 42.3 Å². The van der Waals surface area contributed by atoms with Crippen LogP contribution in [0.2, 0.25) is 0 Å². The minimum atomic E-state index is -0.806. The summed E-state index contributed by atoms with van der Waals surface area (Å²) in [6, 6.07) is 20.3. The molecule has 5 rings (SSSR count). The van der Waals surface area contributed by atoms with Crippen LogP contribution in [-0.2, 0) is 12.1 Å². The molecule has 0 spiro atoms. The number of aromatic nitrogens is 3. The Kier molecular flexibility index (Phi) is 4.23. The summed E-state index contributed by atoms with van der Waals surface area (Å²) in [5, 5.41) is 18.3. The van der Waals surface area contributed by atoms with Gasteiger partial charge >= 0.3 is 0 Å². The lowest BCUT2D eigenvalue weighted by Gasteiger charge is -2.47. The first-order valence-corrected chi connectivity index (χ1v) is 9.95. The van der Waals surface area contributed by atoms with E-state index in [4.69, 9.17) is 5.10 Å². The number of benzene rings is 2. The van der Waals surface area contributed by atoms with Gasteiger partial charge in [0.05, 0.1) is 5.69 Å². The van der Waals surface area contributed by atoms with E-state index in [1.165, 1.54) is 10.9 Å². The molecule has 1 aliphatic heterocycles. The average molecular weight is 384 g/mol. The first kappa shape index (κ1) is 18.0. The number of β-amino-alcohol motifs (C(OH)–C–C–N with tert-alkyl or cyclic N) is 1. The molecule has 1 fully saturated rings. The summed E-state index contributed by atoms with van der Waals surface area (Å²) in [7, 11) is 0. The van der Waals surface area contributed by atoms with Crippen LogP contribution in [0.15, 0.2) is 66.9 Å². The molecule has 1 saturated heterocycles. The molecule has 0 saturated carbocycles. The number of aryl methyl sites for hydroxylation is 1. The van der Waals surface area contributed by atoms with Crippen molar-refractivity contribution in [3.8, 4) is 5.82 Å². The lowest BCUT2D eigenvalue weighted by atomic mass is 9.83. The van der Waals surface area contributed by atoms with Crippen LogP contribution in [0.3, 0.4) is 0 Å². The molecule has 0 bridgehead atoms. The van der Waals surface area contributed by atoms with Crippen molar-refractivity contribution in [1.82, 2.24) is 19.7 Å². The van der Waals surface area contributed by atoms with Crippen LogP contribution in [0.25, 0.3) is 16.6 Å². The van der Waals surface area contributed by atoms with Crippen molar-refractivity contribution in [2.45, 2.75) is 26.0 Å². The van der Waals surface area contributed by atoms with E-state index in [0.29, 0.717) is 13.1 Å². The summed E-state index contributed by atoms with van der Waals surface area (Å²) < 4.78 is 1.90. The third kappa shape index (κ3) is 3.03. The third-order valence-electron chi connectivity index (χ3n) is 5.95. The molecule has 4 aromatic rings. The van der Waals surface area contributed by atoms with Crippen molar-refractivity contribution in [2.24, 2.45) is 0 Å². The second kappa shape index (κ2) is 6.79.